The monoisotopic (exact) mass is 470 g/mol. The summed E-state index contributed by atoms with van der Waals surface area (Å²) in [5.41, 5.74) is 0. The minimum absolute atomic E-state index is 0.879. The Hall–Kier alpha value is -4.88. The highest BCUT2D eigenvalue weighted by Gasteiger charge is 2.16. The van der Waals surface area contributed by atoms with Crippen LogP contribution in [0.15, 0.2) is 133 Å². The van der Waals surface area contributed by atoms with Crippen molar-refractivity contribution in [1.82, 2.24) is 0 Å². The highest BCUT2D eigenvalue weighted by molar-refractivity contribution is 6.28. The first kappa shape index (κ1) is 20.3. The maximum absolute atomic E-state index is 6.92. The van der Waals surface area contributed by atoms with Gasteiger partial charge < -0.3 is 4.74 Å². The first-order chi connectivity index (χ1) is 18.4. The fraction of sp³-hybridized carbons (Fsp3) is 0. The highest BCUT2D eigenvalue weighted by Crippen LogP contribution is 2.44. The zero-order valence-corrected chi connectivity index (χ0v) is 20.1. The lowest BCUT2D eigenvalue weighted by atomic mass is 9.93. The van der Waals surface area contributed by atoms with Gasteiger partial charge in [0.05, 0.1) is 0 Å². The average Bonchev–Trinajstić information content (AvgIpc) is 2.97. The molecule has 8 rings (SSSR count). The molecule has 0 radical (unpaired) electrons. The molecule has 0 saturated heterocycles. The standard InChI is InChI=1S/C36H22O/c1-3-13-27-23(11-1)25-15-5-7-17-29(25)35-31(27)19-9-21-33(35)37-34-22-10-20-32-28-14-4-2-12-24(28)26-16-6-8-18-30(26)36(32)34/h1-22H. The molecular formula is C36H22O. The van der Waals surface area contributed by atoms with Crippen molar-refractivity contribution in [3.8, 4) is 11.5 Å². The molecule has 0 heterocycles. The van der Waals surface area contributed by atoms with Crippen LogP contribution in [0, 0.1) is 0 Å². The molecule has 8 aromatic carbocycles. The summed E-state index contributed by atoms with van der Waals surface area (Å²) in [6.07, 6.45) is 0. The average molecular weight is 471 g/mol. The highest BCUT2D eigenvalue weighted by atomic mass is 16.5. The Morgan fingerprint density at radius 1 is 0.243 bits per heavy atom. The molecule has 0 spiro atoms. The second-order valence-electron chi connectivity index (χ2n) is 9.64. The van der Waals surface area contributed by atoms with Gasteiger partial charge in [0.25, 0.3) is 0 Å². The molecule has 0 aliphatic rings. The maximum atomic E-state index is 6.92. The molecule has 0 N–H and O–H groups in total. The molecule has 0 unspecified atom stereocenters. The van der Waals surface area contributed by atoms with Gasteiger partial charge in [-0.2, -0.15) is 0 Å². The molecule has 1 nitrogen and oxygen atoms in total. The lowest BCUT2D eigenvalue weighted by Crippen LogP contribution is -1.91. The van der Waals surface area contributed by atoms with Crippen molar-refractivity contribution in [3.63, 3.8) is 0 Å². The van der Waals surface area contributed by atoms with E-state index < -0.39 is 0 Å². The Labute approximate surface area is 214 Å². The summed E-state index contributed by atoms with van der Waals surface area (Å²) >= 11 is 0. The van der Waals surface area contributed by atoms with Crippen LogP contribution >= 0.6 is 0 Å². The van der Waals surface area contributed by atoms with Gasteiger partial charge >= 0.3 is 0 Å². The quantitative estimate of drug-likeness (QED) is 0.228. The second kappa shape index (κ2) is 7.81. The third-order valence-corrected chi connectivity index (χ3v) is 7.68. The maximum Gasteiger partial charge on any atom is 0.135 e. The van der Waals surface area contributed by atoms with Crippen molar-refractivity contribution in [2.24, 2.45) is 0 Å². The summed E-state index contributed by atoms with van der Waals surface area (Å²) in [5, 5.41) is 14.7. The van der Waals surface area contributed by atoms with Gasteiger partial charge in [-0.05, 0) is 66.0 Å². The van der Waals surface area contributed by atoms with E-state index in [9.17, 15) is 0 Å². The number of ether oxygens (including phenoxy) is 1. The van der Waals surface area contributed by atoms with Crippen molar-refractivity contribution in [2.45, 2.75) is 0 Å². The Morgan fingerprint density at radius 2 is 0.486 bits per heavy atom. The summed E-state index contributed by atoms with van der Waals surface area (Å²) < 4.78 is 6.92. The second-order valence-corrected chi connectivity index (χ2v) is 9.64. The smallest absolute Gasteiger partial charge is 0.135 e. The van der Waals surface area contributed by atoms with E-state index in [-0.39, 0.29) is 0 Å². The Kier molecular flexibility index (Phi) is 4.29. The topological polar surface area (TPSA) is 9.23 Å². The molecular weight excluding hydrogens is 448 g/mol. The number of fused-ring (bicyclic) bond motifs is 12. The van der Waals surface area contributed by atoms with Gasteiger partial charge in [0.2, 0.25) is 0 Å². The molecule has 0 aliphatic carbocycles. The van der Waals surface area contributed by atoms with Crippen LogP contribution in [-0.2, 0) is 0 Å². The summed E-state index contributed by atoms with van der Waals surface area (Å²) in [5.74, 6) is 1.76. The molecule has 0 saturated carbocycles. The largest absolute Gasteiger partial charge is 0.456 e. The van der Waals surface area contributed by atoms with Crippen LogP contribution in [0.1, 0.15) is 0 Å². The fourth-order valence-corrected chi connectivity index (χ4v) is 6.13. The first-order valence-corrected chi connectivity index (χ1v) is 12.7. The summed E-state index contributed by atoms with van der Waals surface area (Å²) in [4.78, 5) is 0. The van der Waals surface area contributed by atoms with Gasteiger partial charge in [-0.1, -0.05) is 121 Å². The van der Waals surface area contributed by atoms with Gasteiger partial charge in [0, 0.05) is 10.8 Å². The number of hydrogen-bond acceptors (Lipinski definition) is 1. The first-order valence-electron chi connectivity index (χ1n) is 12.7. The van der Waals surface area contributed by atoms with Crippen LogP contribution in [0.25, 0.3) is 64.6 Å². The van der Waals surface area contributed by atoms with Crippen molar-refractivity contribution in [3.05, 3.63) is 133 Å². The number of hydrogen-bond donors (Lipinski definition) is 0. The Bertz CT molecular complexity index is 1920. The fourth-order valence-electron chi connectivity index (χ4n) is 6.13. The predicted molar refractivity (Wildman–Crippen MR) is 158 cm³/mol. The molecule has 0 bridgehead atoms. The summed E-state index contributed by atoms with van der Waals surface area (Å²) in [7, 11) is 0. The molecule has 0 aliphatic heterocycles. The SMILES string of the molecule is c1ccc2c(c1)c1ccccc1c1c(Oc3cccc4c5ccccc5c5ccccc5c34)cccc21. The van der Waals surface area contributed by atoms with E-state index in [4.69, 9.17) is 4.74 Å². The van der Waals surface area contributed by atoms with Crippen LogP contribution in [0.2, 0.25) is 0 Å². The number of benzene rings is 8. The van der Waals surface area contributed by atoms with Gasteiger partial charge in [0.15, 0.2) is 0 Å². The number of rotatable bonds is 2. The molecule has 172 valence electrons. The predicted octanol–water partition coefficient (Wildman–Crippen LogP) is 10.4. The zero-order valence-electron chi connectivity index (χ0n) is 20.1. The molecule has 0 atom stereocenters. The Balaban J connectivity index is 1.48. The zero-order chi connectivity index (χ0) is 24.3. The summed E-state index contributed by atoms with van der Waals surface area (Å²) in [6, 6.07) is 47.5. The van der Waals surface area contributed by atoms with E-state index in [1.165, 1.54) is 53.9 Å². The van der Waals surface area contributed by atoms with E-state index in [0.717, 1.165) is 22.3 Å². The van der Waals surface area contributed by atoms with Crippen molar-refractivity contribution in [2.75, 3.05) is 0 Å². The summed E-state index contributed by atoms with van der Waals surface area (Å²) in [6.45, 7) is 0. The van der Waals surface area contributed by atoms with Crippen molar-refractivity contribution < 1.29 is 4.74 Å². The van der Waals surface area contributed by atoms with Crippen molar-refractivity contribution >= 4 is 64.6 Å². The molecule has 0 aromatic heterocycles. The molecule has 0 amide bonds. The molecule has 37 heavy (non-hydrogen) atoms. The third kappa shape index (κ3) is 2.92. The Morgan fingerprint density at radius 3 is 0.811 bits per heavy atom. The van der Waals surface area contributed by atoms with Gasteiger partial charge in [-0.15, -0.1) is 0 Å². The molecule has 1 heteroatoms. The molecule has 0 fully saturated rings. The van der Waals surface area contributed by atoms with Crippen molar-refractivity contribution in [1.29, 1.82) is 0 Å². The van der Waals surface area contributed by atoms with Crippen LogP contribution in [0.3, 0.4) is 0 Å². The van der Waals surface area contributed by atoms with Gasteiger partial charge in [-0.25, -0.2) is 0 Å². The minimum Gasteiger partial charge on any atom is -0.456 e. The normalized spacial score (nSPS) is 11.8. The molecule has 8 aromatic rings. The lowest BCUT2D eigenvalue weighted by molar-refractivity contribution is 0.495. The van der Waals surface area contributed by atoms with Crippen LogP contribution in [-0.4, -0.2) is 0 Å². The third-order valence-electron chi connectivity index (χ3n) is 7.68. The van der Waals surface area contributed by atoms with Crippen LogP contribution < -0.4 is 4.74 Å². The van der Waals surface area contributed by atoms with E-state index in [1.54, 1.807) is 0 Å². The van der Waals surface area contributed by atoms with E-state index in [0.29, 0.717) is 0 Å². The lowest BCUT2D eigenvalue weighted by Gasteiger charge is -2.17. The van der Waals surface area contributed by atoms with Gasteiger partial charge in [-0.3, -0.25) is 0 Å². The van der Waals surface area contributed by atoms with Crippen LogP contribution in [0.4, 0.5) is 0 Å². The van der Waals surface area contributed by atoms with E-state index in [2.05, 4.69) is 133 Å². The van der Waals surface area contributed by atoms with E-state index >= 15 is 0 Å². The van der Waals surface area contributed by atoms with Crippen LogP contribution in [0.5, 0.6) is 11.5 Å². The van der Waals surface area contributed by atoms with Gasteiger partial charge in [0.1, 0.15) is 11.5 Å². The van der Waals surface area contributed by atoms with E-state index in [1.807, 2.05) is 0 Å². The minimum atomic E-state index is 0.879.